The van der Waals surface area contributed by atoms with E-state index in [4.69, 9.17) is 0 Å². The number of allylic oxidation sites excluding steroid dienone is 3. The zero-order chi connectivity index (χ0) is 12.2. The second-order valence-corrected chi connectivity index (χ2v) is 5.38. The van der Waals surface area contributed by atoms with Crippen molar-refractivity contribution in [1.29, 1.82) is 0 Å². The molecule has 16 heavy (non-hydrogen) atoms. The predicted octanol–water partition coefficient (Wildman–Crippen LogP) is 2.83. The van der Waals surface area contributed by atoms with Gasteiger partial charge >= 0.3 is 0 Å². The molecule has 0 saturated carbocycles. The molecule has 1 heterocycles. The van der Waals surface area contributed by atoms with Crippen LogP contribution in [0.5, 0.6) is 0 Å². The quantitative estimate of drug-likeness (QED) is 0.574. The summed E-state index contributed by atoms with van der Waals surface area (Å²) < 4.78 is 0. The Morgan fingerprint density at radius 2 is 1.50 bits per heavy atom. The average molecular weight is 219 g/mol. The maximum absolute atomic E-state index is 12.2. The van der Waals surface area contributed by atoms with Crippen LogP contribution in [-0.2, 0) is 4.79 Å². The van der Waals surface area contributed by atoms with Crippen LogP contribution in [-0.4, -0.2) is 17.9 Å². The van der Waals surface area contributed by atoms with E-state index in [1.165, 1.54) is 11.1 Å². The number of amides is 1. The van der Waals surface area contributed by atoms with Gasteiger partial charge in [0.05, 0.1) is 5.92 Å². The van der Waals surface area contributed by atoms with E-state index in [0.717, 1.165) is 5.70 Å². The van der Waals surface area contributed by atoms with Crippen LogP contribution < -0.4 is 0 Å². The van der Waals surface area contributed by atoms with Crippen molar-refractivity contribution in [3.63, 3.8) is 0 Å². The van der Waals surface area contributed by atoms with E-state index in [2.05, 4.69) is 34.3 Å². The second kappa shape index (κ2) is 3.47. The Balaban J connectivity index is 2.51. The van der Waals surface area contributed by atoms with Crippen molar-refractivity contribution in [2.45, 2.75) is 27.7 Å². The van der Waals surface area contributed by atoms with Crippen LogP contribution in [0.15, 0.2) is 23.4 Å². The summed E-state index contributed by atoms with van der Waals surface area (Å²) in [5.74, 6) is 1.49. The molecule has 2 heteroatoms. The van der Waals surface area contributed by atoms with Crippen molar-refractivity contribution in [3.8, 4) is 0 Å². The summed E-state index contributed by atoms with van der Waals surface area (Å²) in [6, 6.07) is 0. The molecule has 1 saturated heterocycles. The van der Waals surface area contributed by atoms with Crippen molar-refractivity contribution in [1.82, 2.24) is 4.90 Å². The summed E-state index contributed by atoms with van der Waals surface area (Å²) in [4.78, 5) is 14.0. The van der Waals surface area contributed by atoms with Gasteiger partial charge in [0.2, 0.25) is 5.91 Å². The minimum absolute atomic E-state index is 0.121. The Morgan fingerprint density at radius 1 is 1.06 bits per heavy atom. The van der Waals surface area contributed by atoms with Crippen molar-refractivity contribution >= 4 is 5.91 Å². The molecule has 1 amide bonds. The Morgan fingerprint density at radius 3 is 2.00 bits per heavy atom. The summed E-state index contributed by atoms with van der Waals surface area (Å²) in [6.07, 6.45) is 0. The number of likely N-dealkylation sites (tertiary alicyclic amines) is 1. The average Bonchev–Trinajstić information content (AvgIpc) is 2.48. The molecule has 0 N–H and O–H groups in total. The van der Waals surface area contributed by atoms with E-state index >= 15 is 0 Å². The topological polar surface area (TPSA) is 20.3 Å². The molecule has 0 radical (unpaired) electrons. The lowest BCUT2D eigenvalue weighted by Crippen LogP contribution is -2.34. The second-order valence-electron chi connectivity index (χ2n) is 5.38. The predicted molar refractivity (Wildman–Crippen MR) is 65.6 cm³/mol. The molecule has 1 aliphatic heterocycles. The summed E-state index contributed by atoms with van der Waals surface area (Å²) in [6.45, 7) is 12.9. The van der Waals surface area contributed by atoms with E-state index in [9.17, 15) is 4.79 Å². The fourth-order valence-corrected chi connectivity index (χ4v) is 3.33. The normalized spacial score (nSPS) is 39.4. The Kier molecular flexibility index (Phi) is 2.48. The molecule has 2 rings (SSSR count). The molecule has 0 aromatic rings. The first kappa shape index (κ1) is 11.4. The highest BCUT2D eigenvalue weighted by molar-refractivity contribution is 5.85. The maximum Gasteiger partial charge on any atom is 0.230 e. The molecule has 0 aromatic carbocycles. The lowest BCUT2D eigenvalue weighted by molar-refractivity contribution is -0.130. The molecule has 4 atom stereocenters. The van der Waals surface area contributed by atoms with Gasteiger partial charge in [-0.2, -0.15) is 0 Å². The van der Waals surface area contributed by atoms with Crippen LogP contribution in [0.25, 0.3) is 0 Å². The van der Waals surface area contributed by atoms with Crippen LogP contribution in [0, 0.1) is 23.7 Å². The number of nitrogens with zero attached hydrogens (tertiary/aromatic N) is 1. The van der Waals surface area contributed by atoms with Gasteiger partial charge in [-0.3, -0.25) is 4.79 Å². The molecule has 1 aliphatic carbocycles. The summed E-state index contributed by atoms with van der Waals surface area (Å²) in [5.41, 5.74) is 3.84. The standard InChI is InChI=1S/C14H21NO/c1-7-8(2)10(4)13-12(9(7)3)11(5)15(6)14(13)16/h9-10,12-13H,5H2,1-4,6H3. The maximum atomic E-state index is 12.2. The lowest BCUT2D eigenvalue weighted by atomic mass is 9.66. The summed E-state index contributed by atoms with van der Waals surface area (Å²) in [7, 11) is 1.85. The molecular formula is C14H21NO. The van der Waals surface area contributed by atoms with E-state index in [1.54, 1.807) is 4.90 Å². The van der Waals surface area contributed by atoms with Gasteiger partial charge in [-0.15, -0.1) is 0 Å². The molecule has 2 aliphatic rings. The molecule has 4 unspecified atom stereocenters. The highest BCUT2D eigenvalue weighted by Crippen LogP contribution is 2.49. The SMILES string of the molecule is C=C1C2C(C)C(C)=C(C)C(C)C2C(=O)N1C. The van der Waals surface area contributed by atoms with Crippen molar-refractivity contribution in [2.75, 3.05) is 7.05 Å². The monoisotopic (exact) mass is 219 g/mol. The number of rotatable bonds is 0. The first-order valence-corrected chi connectivity index (χ1v) is 6.01. The molecule has 0 bridgehead atoms. The fourth-order valence-electron chi connectivity index (χ4n) is 3.33. The lowest BCUT2D eigenvalue weighted by Gasteiger charge is -2.36. The summed E-state index contributed by atoms with van der Waals surface area (Å²) >= 11 is 0. The van der Waals surface area contributed by atoms with Crippen LogP contribution in [0.4, 0.5) is 0 Å². The van der Waals surface area contributed by atoms with Crippen LogP contribution in [0.2, 0.25) is 0 Å². The number of fused-ring (bicyclic) bond motifs is 1. The molecule has 0 aromatic heterocycles. The third-order valence-electron chi connectivity index (χ3n) is 4.88. The zero-order valence-corrected chi connectivity index (χ0v) is 10.9. The molecule has 1 fully saturated rings. The van der Waals surface area contributed by atoms with Gasteiger partial charge in [-0.1, -0.05) is 31.6 Å². The van der Waals surface area contributed by atoms with E-state index < -0.39 is 0 Å². The van der Waals surface area contributed by atoms with Gasteiger partial charge in [-0.05, 0) is 25.7 Å². The van der Waals surface area contributed by atoms with Gasteiger partial charge in [0.1, 0.15) is 0 Å². The van der Waals surface area contributed by atoms with Crippen molar-refractivity contribution < 1.29 is 4.79 Å². The van der Waals surface area contributed by atoms with Gasteiger partial charge in [0.25, 0.3) is 0 Å². The zero-order valence-electron chi connectivity index (χ0n) is 10.9. The number of hydrogen-bond donors (Lipinski definition) is 0. The van der Waals surface area contributed by atoms with Crippen molar-refractivity contribution in [2.24, 2.45) is 23.7 Å². The first-order valence-electron chi connectivity index (χ1n) is 6.01. The minimum Gasteiger partial charge on any atom is -0.319 e. The van der Waals surface area contributed by atoms with Crippen LogP contribution >= 0.6 is 0 Å². The van der Waals surface area contributed by atoms with Gasteiger partial charge in [0.15, 0.2) is 0 Å². The van der Waals surface area contributed by atoms with Gasteiger partial charge < -0.3 is 4.90 Å². The molecule has 2 nitrogen and oxygen atoms in total. The van der Waals surface area contributed by atoms with Crippen LogP contribution in [0.1, 0.15) is 27.7 Å². The fraction of sp³-hybridized carbons (Fsp3) is 0.643. The minimum atomic E-state index is 0.121. The Bertz CT molecular complexity index is 358. The van der Waals surface area contributed by atoms with Gasteiger partial charge in [-0.25, -0.2) is 0 Å². The highest BCUT2D eigenvalue weighted by atomic mass is 16.2. The molecule has 88 valence electrons. The third-order valence-corrected chi connectivity index (χ3v) is 4.88. The largest absolute Gasteiger partial charge is 0.319 e. The van der Waals surface area contributed by atoms with E-state index in [1.807, 2.05) is 7.05 Å². The number of carbonyl (C=O) groups excluding carboxylic acids is 1. The summed E-state index contributed by atoms with van der Waals surface area (Å²) in [5, 5.41) is 0. The number of hydrogen-bond acceptors (Lipinski definition) is 1. The van der Waals surface area contributed by atoms with E-state index in [0.29, 0.717) is 17.8 Å². The van der Waals surface area contributed by atoms with E-state index in [-0.39, 0.29) is 11.8 Å². The number of carbonyl (C=O) groups is 1. The van der Waals surface area contributed by atoms with Gasteiger partial charge in [0, 0.05) is 18.7 Å². The smallest absolute Gasteiger partial charge is 0.230 e. The van der Waals surface area contributed by atoms with Crippen molar-refractivity contribution in [3.05, 3.63) is 23.4 Å². The molecule has 0 spiro atoms. The third kappa shape index (κ3) is 1.22. The van der Waals surface area contributed by atoms with Crippen LogP contribution in [0.3, 0.4) is 0 Å². The Hall–Kier alpha value is -1.05. The molecular weight excluding hydrogens is 198 g/mol. The Labute approximate surface area is 98.0 Å². The highest BCUT2D eigenvalue weighted by Gasteiger charge is 2.50. The first-order chi connectivity index (χ1) is 7.37.